The molecule has 19 heavy (non-hydrogen) atoms. The zero-order valence-electron chi connectivity index (χ0n) is 13.2. The van der Waals surface area contributed by atoms with Crippen molar-refractivity contribution in [3.05, 3.63) is 0 Å². The van der Waals surface area contributed by atoms with E-state index in [2.05, 4.69) is 37.9 Å². The monoisotopic (exact) mass is 268 g/mol. The molecule has 0 aromatic carbocycles. The summed E-state index contributed by atoms with van der Waals surface area (Å²) in [6, 6.07) is 0.871. The first-order valence-corrected chi connectivity index (χ1v) is 8.12. The Morgan fingerprint density at radius 3 is 2.37 bits per heavy atom. The molecule has 2 unspecified atom stereocenters. The Balaban J connectivity index is 1.69. The molecule has 2 aliphatic rings. The summed E-state index contributed by atoms with van der Waals surface area (Å²) in [6.45, 7) is 12.3. The van der Waals surface area contributed by atoms with Gasteiger partial charge in [-0.15, -0.1) is 0 Å². The Kier molecular flexibility index (Phi) is 5.27. The van der Waals surface area contributed by atoms with Crippen LogP contribution in [0.4, 0.5) is 0 Å². The average molecular weight is 268 g/mol. The van der Waals surface area contributed by atoms with Crippen molar-refractivity contribution in [2.75, 3.05) is 19.6 Å². The second-order valence-corrected chi connectivity index (χ2v) is 7.31. The third kappa shape index (κ3) is 5.41. The number of hydrogen-bond acceptors (Lipinski definition) is 3. The van der Waals surface area contributed by atoms with Crippen molar-refractivity contribution in [2.45, 2.75) is 83.6 Å². The van der Waals surface area contributed by atoms with Crippen LogP contribution in [0.15, 0.2) is 0 Å². The lowest BCUT2D eigenvalue weighted by atomic mass is 10.1. The molecule has 2 rings (SSSR count). The van der Waals surface area contributed by atoms with Gasteiger partial charge in [0, 0.05) is 24.7 Å². The van der Waals surface area contributed by atoms with Gasteiger partial charge in [0.05, 0.1) is 12.2 Å². The maximum Gasteiger partial charge on any atom is 0.0707 e. The minimum Gasteiger partial charge on any atom is -0.372 e. The maximum absolute atomic E-state index is 6.21. The topological polar surface area (TPSA) is 24.5 Å². The van der Waals surface area contributed by atoms with Gasteiger partial charge in [-0.1, -0.05) is 6.92 Å². The molecule has 0 aromatic rings. The van der Waals surface area contributed by atoms with Gasteiger partial charge in [-0.05, 0) is 59.4 Å². The van der Waals surface area contributed by atoms with Gasteiger partial charge < -0.3 is 10.1 Å². The van der Waals surface area contributed by atoms with Crippen molar-refractivity contribution in [3.8, 4) is 0 Å². The van der Waals surface area contributed by atoms with Crippen molar-refractivity contribution in [1.29, 1.82) is 0 Å². The van der Waals surface area contributed by atoms with E-state index in [9.17, 15) is 0 Å². The Hall–Kier alpha value is -0.120. The average Bonchev–Trinajstić information content (AvgIpc) is 3.07. The molecule has 1 heterocycles. The maximum atomic E-state index is 6.21. The molecule has 0 aromatic heterocycles. The highest BCUT2D eigenvalue weighted by molar-refractivity contribution is 4.88. The lowest BCUT2D eigenvalue weighted by molar-refractivity contribution is 0.0193. The fraction of sp³-hybridized carbons (Fsp3) is 1.00. The third-order valence-corrected chi connectivity index (χ3v) is 4.07. The molecule has 2 fully saturated rings. The van der Waals surface area contributed by atoms with Crippen LogP contribution >= 0.6 is 0 Å². The van der Waals surface area contributed by atoms with Gasteiger partial charge in [-0.2, -0.15) is 0 Å². The Morgan fingerprint density at radius 1 is 1.11 bits per heavy atom. The standard InChI is InChI=1S/C16H32N2O/c1-5-10-18(13-6-7-13)12-15-9-8-14(19-15)11-17-16(2,3)4/h13-15,17H,5-12H2,1-4H3. The SMILES string of the molecule is CCCN(CC1CCC(CNC(C)(C)C)O1)C1CC1. The first-order valence-electron chi connectivity index (χ1n) is 8.12. The second kappa shape index (κ2) is 6.55. The first kappa shape index (κ1) is 15.3. The van der Waals surface area contributed by atoms with E-state index >= 15 is 0 Å². The highest BCUT2D eigenvalue weighted by Crippen LogP contribution is 2.29. The van der Waals surface area contributed by atoms with Gasteiger partial charge in [0.25, 0.3) is 0 Å². The van der Waals surface area contributed by atoms with Crippen molar-refractivity contribution in [3.63, 3.8) is 0 Å². The molecule has 0 spiro atoms. The highest BCUT2D eigenvalue weighted by Gasteiger charge is 2.33. The molecule has 0 bridgehead atoms. The molecule has 0 radical (unpaired) electrons. The molecule has 1 aliphatic carbocycles. The highest BCUT2D eigenvalue weighted by atomic mass is 16.5. The van der Waals surface area contributed by atoms with Gasteiger partial charge in [0.2, 0.25) is 0 Å². The van der Waals surface area contributed by atoms with E-state index in [1.54, 1.807) is 0 Å². The van der Waals surface area contributed by atoms with Crippen molar-refractivity contribution < 1.29 is 4.74 Å². The molecule has 2 atom stereocenters. The molecule has 3 nitrogen and oxygen atoms in total. The van der Waals surface area contributed by atoms with Crippen LogP contribution in [0.25, 0.3) is 0 Å². The fourth-order valence-corrected chi connectivity index (χ4v) is 2.90. The summed E-state index contributed by atoms with van der Waals surface area (Å²) in [6.07, 6.45) is 7.43. The predicted molar refractivity (Wildman–Crippen MR) is 80.5 cm³/mol. The van der Waals surface area contributed by atoms with Gasteiger partial charge >= 0.3 is 0 Å². The number of hydrogen-bond donors (Lipinski definition) is 1. The molecule has 1 N–H and O–H groups in total. The van der Waals surface area contributed by atoms with Gasteiger partial charge in [0.1, 0.15) is 0 Å². The van der Waals surface area contributed by atoms with Crippen LogP contribution in [-0.2, 0) is 4.74 Å². The summed E-state index contributed by atoms with van der Waals surface area (Å²) in [7, 11) is 0. The lowest BCUT2D eigenvalue weighted by Crippen LogP contribution is -2.41. The van der Waals surface area contributed by atoms with Crippen LogP contribution < -0.4 is 5.32 Å². The van der Waals surface area contributed by atoms with Crippen molar-refractivity contribution in [1.82, 2.24) is 10.2 Å². The Labute approximate surface area is 119 Å². The number of nitrogens with one attached hydrogen (secondary N) is 1. The van der Waals surface area contributed by atoms with E-state index in [4.69, 9.17) is 4.74 Å². The normalized spacial score (nSPS) is 28.3. The second-order valence-electron chi connectivity index (χ2n) is 7.31. The molecule has 1 aliphatic heterocycles. The summed E-state index contributed by atoms with van der Waals surface area (Å²) in [5.74, 6) is 0. The van der Waals surface area contributed by atoms with Gasteiger partial charge in [0.15, 0.2) is 0 Å². The predicted octanol–water partition coefficient (Wildman–Crippen LogP) is 2.80. The van der Waals surface area contributed by atoms with Crippen molar-refractivity contribution in [2.24, 2.45) is 0 Å². The van der Waals surface area contributed by atoms with E-state index in [1.165, 1.54) is 38.6 Å². The minimum atomic E-state index is 0.198. The van der Waals surface area contributed by atoms with Crippen LogP contribution in [0, 0.1) is 0 Å². The molecular weight excluding hydrogens is 236 g/mol. The summed E-state index contributed by atoms with van der Waals surface area (Å²) in [5.41, 5.74) is 0.198. The largest absolute Gasteiger partial charge is 0.372 e. The summed E-state index contributed by atoms with van der Waals surface area (Å²) < 4.78 is 6.21. The van der Waals surface area contributed by atoms with Gasteiger partial charge in [-0.3, -0.25) is 4.90 Å². The molecule has 1 saturated heterocycles. The quantitative estimate of drug-likeness (QED) is 0.768. The number of rotatable bonds is 7. The molecule has 0 amide bonds. The summed E-state index contributed by atoms with van der Waals surface area (Å²) in [4.78, 5) is 2.66. The van der Waals surface area contributed by atoms with E-state index in [1.807, 2.05) is 0 Å². The summed E-state index contributed by atoms with van der Waals surface area (Å²) >= 11 is 0. The Bertz CT molecular complexity index is 270. The number of nitrogens with zero attached hydrogens (tertiary/aromatic N) is 1. The van der Waals surface area contributed by atoms with Crippen molar-refractivity contribution >= 4 is 0 Å². The van der Waals surface area contributed by atoms with Crippen LogP contribution in [0.5, 0.6) is 0 Å². The van der Waals surface area contributed by atoms with E-state index in [-0.39, 0.29) is 5.54 Å². The molecule has 3 heteroatoms. The summed E-state index contributed by atoms with van der Waals surface area (Å²) in [5, 5.41) is 3.56. The zero-order valence-corrected chi connectivity index (χ0v) is 13.2. The number of ether oxygens (including phenoxy) is 1. The third-order valence-electron chi connectivity index (χ3n) is 4.07. The Morgan fingerprint density at radius 2 is 1.79 bits per heavy atom. The molecular formula is C16H32N2O. The van der Waals surface area contributed by atoms with Crippen LogP contribution in [0.1, 0.15) is 59.8 Å². The van der Waals surface area contributed by atoms with Gasteiger partial charge in [-0.25, -0.2) is 0 Å². The van der Waals surface area contributed by atoms with Crippen LogP contribution in [0.2, 0.25) is 0 Å². The molecule has 112 valence electrons. The molecule has 1 saturated carbocycles. The van der Waals surface area contributed by atoms with Crippen LogP contribution in [-0.4, -0.2) is 48.3 Å². The van der Waals surface area contributed by atoms with E-state index in [0.29, 0.717) is 12.2 Å². The lowest BCUT2D eigenvalue weighted by Gasteiger charge is -2.26. The van der Waals surface area contributed by atoms with Crippen LogP contribution in [0.3, 0.4) is 0 Å². The minimum absolute atomic E-state index is 0.198. The first-order chi connectivity index (χ1) is 8.98. The van der Waals surface area contributed by atoms with E-state index < -0.39 is 0 Å². The smallest absolute Gasteiger partial charge is 0.0707 e. The van der Waals surface area contributed by atoms with E-state index in [0.717, 1.165) is 19.1 Å². The fourth-order valence-electron chi connectivity index (χ4n) is 2.90. The zero-order chi connectivity index (χ0) is 13.9.